The van der Waals surface area contributed by atoms with Gasteiger partial charge in [-0.05, 0) is 26.2 Å². The van der Waals surface area contributed by atoms with Gasteiger partial charge in [-0.15, -0.1) is 0 Å². The third-order valence-corrected chi connectivity index (χ3v) is 1.92. The Kier molecular flexibility index (Phi) is 5.08. The minimum Gasteiger partial charge on any atom is -0.394 e. The van der Waals surface area contributed by atoms with Crippen LogP contribution in [0.4, 0.5) is 0 Å². The van der Waals surface area contributed by atoms with E-state index in [0.717, 1.165) is 0 Å². The predicted octanol–water partition coefficient (Wildman–Crippen LogP) is 0.247. The summed E-state index contributed by atoms with van der Waals surface area (Å²) in [5.41, 5.74) is 5.09. The highest BCUT2D eigenvalue weighted by Crippen LogP contribution is 2.05. The fraction of sp³-hybridized carbons (Fsp3) is 0.900. The summed E-state index contributed by atoms with van der Waals surface area (Å²) in [6.45, 7) is 7.46. The normalized spacial score (nSPS) is 14.2. The molecule has 0 fully saturated rings. The molecular weight excluding hydrogens is 180 g/mol. The van der Waals surface area contributed by atoms with Crippen molar-refractivity contribution in [3.05, 3.63) is 0 Å². The third-order valence-electron chi connectivity index (χ3n) is 1.92. The molecule has 4 heteroatoms. The number of amides is 1. The van der Waals surface area contributed by atoms with Crippen molar-refractivity contribution in [1.82, 2.24) is 5.32 Å². The molecule has 0 aromatic rings. The van der Waals surface area contributed by atoms with E-state index in [1.807, 2.05) is 13.8 Å². The zero-order valence-corrected chi connectivity index (χ0v) is 9.50. The average molecular weight is 202 g/mol. The highest BCUT2D eigenvalue weighted by molar-refractivity contribution is 5.82. The first-order valence-electron chi connectivity index (χ1n) is 4.97. The zero-order valence-electron chi connectivity index (χ0n) is 9.50. The highest BCUT2D eigenvalue weighted by Gasteiger charge is 2.23. The minimum atomic E-state index is -0.592. The van der Waals surface area contributed by atoms with Gasteiger partial charge < -0.3 is 16.2 Å². The van der Waals surface area contributed by atoms with Crippen LogP contribution in [0, 0.1) is 5.92 Å². The van der Waals surface area contributed by atoms with Crippen LogP contribution >= 0.6 is 0 Å². The van der Waals surface area contributed by atoms with Crippen LogP contribution in [-0.2, 0) is 4.79 Å². The molecule has 0 aromatic heterocycles. The van der Waals surface area contributed by atoms with Gasteiger partial charge in [0, 0.05) is 0 Å². The Morgan fingerprint density at radius 2 is 2.00 bits per heavy atom. The highest BCUT2D eigenvalue weighted by atomic mass is 16.3. The maximum absolute atomic E-state index is 11.5. The smallest absolute Gasteiger partial charge is 0.237 e. The molecule has 84 valence electrons. The van der Waals surface area contributed by atoms with Gasteiger partial charge in [0.25, 0.3) is 0 Å². The number of carbonyl (C=O) groups excluding carboxylic acids is 1. The van der Waals surface area contributed by atoms with Gasteiger partial charge in [-0.3, -0.25) is 4.79 Å². The molecule has 0 aromatic carbocycles. The molecule has 0 heterocycles. The molecule has 0 saturated heterocycles. The summed E-state index contributed by atoms with van der Waals surface area (Å²) in [6, 6.07) is -0.485. The van der Waals surface area contributed by atoms with Crippen molar-refractivity contribution in [3.8, 4) is 0 Å². The lowest BCUT2D eigenvalue weighted by molar-refractivity contribution is -0.124. The molecule has 0 aliphatic heterocycles. The molecule has 1 amide bonds. The molecule has 1 atom stereocenters. The number of hydrogen-bond donors (Lipinski definition) is 3. The summed E-state index contributed by atoms with van der Waals surface area (Å²) >= 11 is 0. The largest absolute Gasteiger partial charge is 0.394 e. The SMILES string of the molecule is CC(C)C[C@@H](N)C(=O)NC(C)(C)CO. The van der Waals surface area contributed by atoms with Gasteiger partial charge in [-0.1, -0.05) is 13.8 Å². The van der Waals surface area contributed by atoms with Crippen LogP contribution in [-0.4, -0.2) is 29.2 Å². The first-order valence-corrected chi connectivity index (χ1v) is 4.97. The maximum atomic E-state index is 11.5. The topological polar surface area (TPSA) is 75.4 Å². The summed E-state index contributed by atoms with van der Waals surface area (Å²) in [4.78, 5) is 11.5. The molecular formula is C10H22N2O2. The molecule has 0 aliphatic carbocycles. The summed E-state index contributed by atoms with van der Waals surface area (Å²) in [5.74, 6) is 0.200. The second kappa shape index (κ2) is 5.32. The van der Waals surface area contributed by atoms with E-state index >= 15 is 0 Å². The van der Waals surface area contributed by atoms with Crippen molar-refractivity contribution in [2.24, 2.45) is 11.7 Å². The number of rotatable bonds is 5. The van der Waals surface area contributed by atoms with Crippen molar-refractivity contribution in [2.45, 2.75) is 45.7 Å². The van der Waals surface area contributed by atoms with E-state index in [2.05, 4.69) is 5.32 Å². The van der Waals surface area contributed by atoms with Gasteiger partial charge in [-0.25, -0.2) is 0 Å². The minimum absolute atomic E-state index is 0.0901. The van der Waals surface area contributed by atoms with E-state index in [9.17, 15) is 4.79 Å². The molecule has 0 saturated carbocycles. The summed E-state index contributed by atoms with van der Waals surface area (Å²) in [5, 5.41) is 11.6. The van der Waals surface area contributed by atoms with Crippen LogP contribution in [0.25, 0.3) is 0 Å². The van der Waals surface area contributed by atoms with E-state index in [4.69, 9.17) is 10.8 Å². The van der Waals surface area contributed by atoms with Crippen LogP contribution in [0.5, 0.6) is 0 Å². The molecule has 14 heavy (non-hydrogen) atoms. The van der Waals surface area contributed by atoms with Crippen molar-refractivity contribution in [2.75, 3.05) is 6.61 Å². The van der Waals surface area contributed by atoms with Gasteiger partial charge in [0.2, 0.25) is 5.91 Å². The fourth-order valence-corrected chi connectivity index (χ4v) is 1.08. The number of aliphatic hydroxyl groups excluding tert-OH is 1. The quantitative estimate of drug-likeness (QED) is 0.598. The van der Waals surface area contributed by atoms with Gasteiger partial charge in [0.05, 0.1) is 18.2 Å². The lowest BCUT2D eigenvalue weighted by Gasteiger charge is -2.25. The number of aliphatic hydroxyl groups is 1. The van der Waals surface area contributed by atoms with Crippen LogP contribution in [0.15, 0.2) is 0 Å². The lowest BCUT2D eigenvalue weighted by Crippen LogP contribution is -2.52. The van der Waals surface area contributed by atoms with E-state index in [1.165, 1.54) is 0 Å². The average Bonchev–Trinajstić information content (AvgIpc) is 2.02. The van der Waals surface area contributed by atoms with Crippen LogP contribution < -0.4 is 11.1 Å². The van der Waals surface area contributed by atoms with Crippen molar-refractivity contribution in [3.63, 3.8) is 0 Å². The second-order valence-corrected chi connectivity index (χ2v) is 4.77. The molecule has 0 rings (SSSR count). The van der Waals surface area contributed by atoms with Crippen molar-refractivity contribution < 1.29 is 9.90 Å². The van der Waals surface area contributed by atoms with Gasteiger partial charge in [-0.2, -0.15) is 0 Å². The second-order valence-electron chi connectivity index (χ2n) is 4.77. The number of nitrogens with two attached hydrogens (primary N) is 1. The number of hydrogen-bond acceptors (Lipinski definition) is 3. The Bertz CT molecular complexity index is 191. The molecule has 0 unspecified atom stereocenters. The monoisotopic (exact) mass is 202 g/mol. The predicted molar refractivity (Wildman–Crippen MR) is 56.7 cm³/mol. The number of nitrogens with one attached hydrogen (secondary N) is 1. The Balaban J connectivity index is 4.08. The van der Waals surface area contributed by atoms with Gasteiger partial charge >= 0.3 is 0 Å². The third kappa shape index (κ3) is 5.19. The molecule has 0 spiro atoms. The lowest BCUT2D eigenvalue weighted by atomic mass is 10.0. The Labute approximate surface area is 85.9 Å². The van der Waals surface area contributed by atoms with Crippen LogP contribution in [0.1, 0.15) is 34.1 Å². The van der Waals surface area contributed by atoms with E-state index in [0.29, 0.717) is 12.3 Å². The zero-order chi connectivity index (χ0) is 11.4. The van der Waals surface area contributed by atoms with E-state index in [1.54, 1.807) is 13.8 Å². The fourth-order valence-electron chi connectivity index (χ4n) is 1.08. The Hall–Kier alpha value is -0.610. The summed E-state index contributed by atoms with van der Waals surface area (Å²) in [6.07, 6.45) is 0.660. The Morgan fingerprint density at radius 3 is 2.36 bits per heavy atom. The molecule has 4 N–H and O–H groups in total. The summed E-state index contributed by atoms with van der Waals surface area (Å²) in [7, 11) is 0. The van der Waals surface area contributed by atoms with E-state index < -0.39 is 11.6 Å². The standard InChI is InChI=1S/C10H22N2O2/c1-7(2)5-8(11)9(14)12-10(3,4)6-13/h7-8,13H,5-6,11H2,1-4H3,(H,12,14)/t8-/m1/s1. The first kappa shape index (κ1) is 13.4. The summed E-state index contributed by atoms with van der Waals surface area (Å²) < 4.78 is 0. The molecule has 4 nitrogen and oxygen atoms in total. The maximum Gasteiger partial charge on any atom is 0.237 e. The molecule has 0 bridgehead atoms. The van der Waals surface area contributed by atoms with Gasteiger partial charge in [0.1, 0.15) is 0 Å². The van der Waals surface area contributed by atoms with Crippen LogP contribution in [0.3, 0.4) is 0 Å². The molecule has 0 aliphatic rings. The van der Waals surface area contributed by atoms with E-state index in [-0.39, 0.29) is 12.5 Å². The van der Waals surface area contributed by atoms with Crippen molar-refractivity contribution >= 4 is 5.91 Å². The van der Waals surface area contributed by atoms with Crippen molar-refractivity contribution in [1.29, 1.82) is 0 Å². The van der Waals surface area contributed by atoms with Gasteiger partial charge in [0.15, 0.2) is 0 Å². The molecule has 0 radical (unpaired) electrons. The first-order chi connectivity index (χ1) is 6.28. The number of carbonyl (C=O) groups is 1. The van der Waals surface area contributed by atoms with Crippen LogP contribution in [0.2, 0.25) is 0 Å². The Morgan fingerprint density at radius 1 is 1.50 bits per heavy atom.